The number of hydrogen-bond donors (Lipinski definition) is 0. The summed E-state index contributed by atoms with van der Waals surface area (Å²) in [6, 6.07) is 20.7. The lowest BCUT2D eigenvalue weighted by Crippen LogP contribution is -2.31. The van der Waals surface area contributed by atoms with Crippen LogP contribution >= 0.6 is 0 Å². The molecule has 3 rings (SSSR count). The second kappa shape index (κ2) is 7.41. The molecule has 0 aliphatic heterocycles. The smallest absolute Gasteiger partial charge is 0.258 e. The van der Waals surface area contributed by atoms with Crippen molar-refractivity contribution >= 4 is 11.6 Å². The molecule has 3 aromatic rings. The fraction of sp³-hybridized carbons (Fsp3) is 0.0952. The van der Waals surface area contributed by atoms with Gasteiger partial charge >= 0.3 is 0 Å². The molecule has 0 atom stereocenters. The first-order valence-corrected chi connectivity index (χ1v) is 7.95. The molecular formula is C21H17N3O. The summed E-state index contributed by atoms with van der Waals surface area (Å²) in [6.45, 7) is 2.29. The minimum Gasteiger partial charge on any atom is -0.304 e. The van der Waals surface area contributed by atoms with Gasteiger partial charge in [0.15, 0.2) is 0 Å². The molecule has 0 unspecified atom stereocenters. The molecule has 4 nitrogen and oxygen atoms in total. The highest BCUT2D eigenvalue weighted by Crippen LogP contribution is 2.22. The second-order valence-corrected chi connectivity index (χ2v) is 5.73. The summed E-state index contributed by atoms with van der Waals surface area (Å²) in [4.78, 5) is 18.9. The van der Waals surface area contributed by atoms with Gasteiger partial charge < -0.3 is 4.90 Å². The Morgan fingerprint density at radius 2 is 1.92 bits per heavy atom. The number of carbonyl (C=O) groups excluding carboxylic acids is 1. The normalized spacial score (nSPS) is 10.1. The number of benzene rings is 2. The van der Waals surface area contributed by atoms with Crippen LogP contribution in [0, 0.1) is 18.3 Å². The monoisotopic (exact) mass is 327 g/mol. The first-order chi connectivity index (χ1) is 12.2. The van der Waals surface area contributed by atoms with Gasteiger partial charge in [0.2, 0.25) is 0 Å². The number of aromatic nitrogens is 1. The molecular weight excluding hydrogens is 310 g/mol. The maximum Gasteiger partial charge on any atom is 0.258 e. The lowest BCUT2D eigenvalue weighted by atomic mass is 10.1. The maximum atomic E-state index is 13.2. The fourth-order valence-corrected chi connectivity index (χ4v) is 2.65. The summed E-state index contributed by atoms with van der Waals surface area (Å²) in [5.74, 6) is -0.112. The summed E-state index contributed by atoms with van der Waals surface area (Å²) in [5, 5.41) is 9.17. The zero-order valence-electron chi connectivity index (χ0n) is 13.9. The number of aryl methyl sites for hydroxylation is 1. The molecule has 0 N–H and O–H groups in total. The minimum atomic E-state index is -0.112. The van der Waals surface area contributed by atoms with Crippen LogP contribution in [-0.2, 0) is 6.54 Å². The third kappa shape index (κ3) is 3.73. The average Bonchev–Trinajstić information content (AvgIpc) is 2.67. The molecule has 0 saturated carbocycles. The predicted octanol–water partition coefficient (Wildman–Crippen LogP) is 4.11. The van der Waals surface area contributed by atoms with Crippen LogP contribution in [0.2, 0.25) is 0 Å². The van der Waals surface area contributed by atoms with Crippen LogP contribution in [0.5, 0.6) is 0 Å². The highest BCUT2D eigenvalue weighted by Gasteiger charge is 2.20. The van der Waals surface area contributed by atoms with Crippen molar-refractivity contribution in [3.05, 3.63) is 95.3 Å². The van der Waals surface area contributed by atoms with E-state index < -0.39 is 0 Å². The van der Waals surface area contributed by atoms with Crippen molar-refractivity contribution in [2.24, 2.45) is 0 Å². The van der Waals surface area contributed by atoms with Crippen LogP contribution in [0.15, 0.2) is 73.1 Å². The minimum absolute atomic E-state index is 0.112. The van der Waals surface area contributed by atoms with E-state index in [0.29, 0.717) is 23.4 Å². The quantitative estimate of drug-likeness (QED) is 0.724. The molecule has 0 spiro atoms. The Balaban J connectivity index is 2.04. The van der Waals surface area contributed by atoms with Crippen LogP contribution < -0.4 is 4.90 Å². The summed E-state index contributed by atoms with van der Waals surface area (Å²) >= 11 is 0. The van der Waals surface area contributed by atoms with Crippen LogP contribution in [0.4, 0.5) is 5.69 Å². The predicted molar refractivity (Wildman–Crippen MR) is 97.1 cm³/mol. The first-order valence-electron chi connectivity index (χ1n) is 7.95. The third-order valence-electron chi connectivity index (χ3n) is 3.97. The Morgan fingerprint density at radius 3 is 2.64 bits per heavy atom. The number of hydrogen-bond acceptors (Lipinski definition) is 3. The topological polar surface area (TPSA) is 57.0 Å². The van der Waals surface area contributed by atoms with Gasteiger partial charge in [-0.25, -0.2) is 0 Å². The number of nitriles is 1. The summed E-state index contributed by atoms with van der Waals surface area (Å²) in [6.07, 6.45) is 3.30. The standard InChI is InChI=1S/C21H17N3O/c1-16-14-23-11-10-20(16)21(25)24(15-17-6-3-2-4-7-17)19-9-5-8-18(12-19)13-22/h2-12,14H,15H2,1H3. The SMILES string of the molecule is Cc1cnccc1C(=O)N(Cc1ccccc1)c1cccc(C#N)c1. The van der Waals surface area contributed by atoms with Crippen LogP contribution in [0.1, 0.15) is 27.0 Å². The van der Waals surface area contributed by atoms with Crippen LogP contribution in [-0.4, -0.2) is 10.9 Å². The maximum absolute atomic E-state index is 13.2. The van der Waals surface area contributed by atoms with Gasteiger partial charge in [0.1, 0.15) is 0 Å². The molecule has 0 fully saturated rings. The Morgan fingerprint density at radius 1 is 1.12 bits per heavy atom. The summed E-state index contributed by atoms with van der Waals surface area (Å²) in [7, 11) is 0. The average molecular weight is 327 g/mol. The Kier molecular flexibility index (Phi) is 4.87. The summed E-state index contributed by atoms with van der Waals surface area (Å²) in [5.41, 5.74) is 3.67. The molecule has 122 valence electrons. The van der Waals surface area contributed by atoms with Crippen molar-refractivity contribution < 1.29 is 4.79 Å². The van der Waals surface area contributed by atoms with Crippen molar-refractivity contribution in [3.8, 4) is 6.07 Å². The lowest BCUT2D eigenvalue weighted by molar-refractivity contribution is 0.0984. The number of rotatable bonds is 4. The van der Waals surface area contributed by atoms with E-state index in [-0.39, 0.29) is 5.91 Å². The van der Waals surface area contributed by atoms with Crippen molar-refractivity contribution in [1.82, 2.24) is 4.98 Å². The van der Waals surface area contributed by atoms with Crippen molar-refractivity contribution in [1.29, 1.82) is 5.26 Å². The van der Waals surface area contributed by atoms with Crippen LogP contribution in [0.25, 0.3) is 0 Å². The number of nitrogens with zero attached hydrogens (tertiary/aromatic N) is 3. The van der Waals surface area contributed by atoms with Crippen molar-refractivity contribution in [2.75, 3.05) is 4.90 Å². The number of pyridine rings is 1. The molecule has 0 aliphatic carbocycles. The number of amides is 1. The fourth-order valence-electron chi connectivity index (χ4n) is 2.65. The third-order valence-corrected chi connectivity index (χ3v) is 3.97. The molecule has 2 aromatic carbocycles. The second-order valence-electron chi connectivity index (χ2n) is 5.73. The van der Waals surface area contributed by atoms with E-state index in [1.165, 1.54) is 0 Å². The molecule has 0 aliphatic rings. The highest BCUT2D eigenvalue weighted by molar-refractivity contribution is 6.06. The largest absolute Gasteiger partial charge is 0.304 e. The van der Waals surface area contributed by atoms with E-state index in [9.17, 15) is 10.1 Å². The zero-order valence-corrected chi connectivity index (χ0v) is 13.9. The number of carbonyl (C=O) groups is 1. The molecule has 0 saturated heterocycles. The highest BCUT2D eigenvalue weighted by atomic mass is 16.2. The lowest BCUT2D eigenvalue weighted by Gasteiger charge is -2.24. The van der Waals surface area contributed by atoms with Gasteiger partial charge in [-0.2, -0.15) is 5.26 Å². The molecule has 1 amide bonds. The molecule has 0 radical (unpaired) electrons. The van der Waals surface area contributed by atoms with E-state index in [1.54, 1.807) is 41.6 Å². The number of anilines is 1. The van der Waals surface area contributed by atoms with Crippen LogP contribution in [0.3, 0.4) is 0 Å². The molecule has 4 heteroatoms. The van der Waals surface area contributed by atoms with Crippen molar-refractivity contribution in [3.63, 3.8) is 0 Å². The summed E-state index contributed by atoms with van der Waals surface area (Å²) < 4.78 is 0. The van der Waals surface area contributed by atoms with Gasteiger partial charge in [0.25, 0.3) is 5.91 Å². The zero-order chi connectivity index (χ0) is 17.6. The van der Waals surface area contributed by atoms with Gasteiger partial charge in [-0.3, -0.25) is 9.78 Å². The van der Waals surface area contributed by atoms with Gasteiger partial charge in [0.05, 0.1) is 18.2 Å². The van der Waals surface area contributed by atoms with E-state index in [0.717, 1.165) is 11.1 Å². The molecule has 0 bridgehead atoms. The van der Waals surface area contributed by atoms with Crippen molar-refractivity contribution in [2.45, 2.75) is 13.5 Å². The van der Waals surface area contributed by atoms with E-state index in [1.807, 2.05) is 43.3 Å². The molecule has 25 heavy (non-hydrogen) atoms. The van der Waals surface area contributed by atoms with Gasteiger partial charge in [-0.05, 0) is 42.3 Å². The van der Waals surface area contributed by atoms with E-state index in [2.05, 4.69) is 11.1 Å². The van der Waals surface area contributed by atoms with E-state index in [4.69, 9.17) is 0 Å². The first kappa shape index (κ1) is 16.4. The molecule has 1 heterocycles. The van der Waals surface area contributed by atoms with E-state index >= 15 is 0 Å². The van der Waals surface area contributed by atoms with Gasteiger partial charge in [-0.15, -0.1) is 0 Å². The Labute approximate surface area is 147 Å². The molecule has 1 aromatic heterocycles. The Hall–Kier alpha value is -3.45. The Bertz CT molecular complexity index is 929. The van der Waals surface area contributed by atoms with Gasteiger partial charge in [0, 0.05) is 23.6 Å². The van der Waals surface area contributed by atoms with Gasteiger partial charge in [-0.1, -0.05) is 36.4 Å².